The number of rotatable bonds is 3. The molecule has 3 heterocycles. The van der Waals surface area contributed by atoms with Crippen LogP contribution in [0.4, 0.5) is 5.82 Å². The van der Waals surface area contributed by atoms with Crippen LogP contribution in [0.15, 0.2) is 47.3 Å². The van der Waals surface area contributed by atoms with Crippen LogP contribution in [0.3, 0.4) is 0 Å². The number of hydrogen-bond donors (Lipinski definition) is 1. The molecule has 0 atom stereocenters. The number of amides is 1. The molecule has 0 saturated carbocycles. The minimum absolute atomic E-state index is 0.208. The van der Waals surface area contributed by atoms with E-state index in [0.717, 1.165) is 0 Å². The van der Waals surface area contributed by atoms with Gasteiger partial charge in [0.1, 0.15) is 11.5 Å². The highest BCUT2D eigenvalue weighted by Gasteiger charge is 2.11. The summed E-state index contributed by atoms with van der Waals surface area (Å²) < 4.78 is 6.83. The zero-order chi connectivity index (χ0) is 13.9. The van der Waals surface area contributed by atoms with E-state index in [1.54, 1.807) is 42.9 Å². The first-order chi connectivity index (χ1) is 9.72. The number of nitrogens with zero attached hydrogens (tertiary/aromatic N) is 4. The molecule has 1 N–H and O–H groups in total. The summed E-state index contributed by atoms with van der Waals surface area (Å²) in [6.07, 6.45) is 4.91. The van der Waals surface area contributed by atoms with Crippen LogP contribution in [-0.4, -0.2) is 25.7 Å². The molecule has 0 unspecified atom stereocenters. The van der Waals surface area contributed by atoms with E-state index in [2.05, 4.69) is 20.4 Å². The fourth-order valence-electron chi connectivity index (χ4n) is 1.72. The molecule has 0 aliphatic rings. The summed E-state index contributed by atoms with van der Waals surface area (Å²) in [4.78, 5) is 19.8. The van der Waals surface area contributed by atoms with Gasteiger partial charge in [-0.15, -0.1) is 0 Å². The van der Waals surface area contributed by atoms with Crippen LogP contribution in [0.2, 0.25) is 0 Å². The zero-order valence-electron chi connectivity index (χ0n) is 10.6. The summed E-state index contributed by atoms with van der Waals surface area (Å²) in [6.45, 7) is 1.42. The number of carbonyl (C=O) groups excluding carboxylic acids is 1. The first kappa shape index (κ1) is 12.1. The molecule has 7 heteroatoms. The minimum Gasteiger partial charge on any atom is -0.463 e. The monoisotopic (exact) mass is 269 g/mol. The molecule has 20 heavy (non-hydrogen) atoms. The van der Waals surface area contributed by atoms with E-state index in [9.17, 15) is 4.79 Å². The lowest BCUT2D eigenvalue weighted by Crippen LogP contribution is -2.11. The second kappa shape index (κ2) is 4.96. The van der Waals surface area contributed by atoms with Gasteiger partial charge in [0.05, 0.1) is 6.26 Å². The Morgan fingerprint density at radius 1 is 1.35 bits per heavy atom. The van der Waals surface area contributed by atoms with Crippen LogP contribution < -0.4 is 5.32 Å². The Morgan fingerprint density at radius 3 is 2.90 bits per heavy atom. The molecule has 0 bridgehead atoms. The highest BCUT2D eigenvalue weighted by Crippen LogP contribution is 2.21. The van der Waals surface area contributed by atoms with Crippen molar-refractivity contribution in [3.8, 4) is 17.4 Å². The molecule has 0 aromatic carbocycles. The van der Waals surface area contributed by atoms with E-state index in [4.69, 9.17) is 4.42 Å². The number of furan rings is 1. The molecule has 0 saturated heterocycles. The third kappa shape index (κ3) is 2.41. The Bertz CT molecular complexity index is 667. The van der Waals surface area contributed by atoms with Crippen LogP contribution in [0.1, 0.15) is 6.92 Å². The lowest BCUT2D eigenvalue weighted by atomic mass is 10.3. The normalized spacial score (nSPS) is 10.4. The van der Waals surface area contributed by atoms with Gasteiger partial charge < -0.3 is 9.73 Å². The Labute approximate surface area is 114 Å². The molecule has 0 aliphatic heterocycles. The largest absolute Gasteiger partial charge is 0.463 e. The molecule has 100 valence electrons. The highest BCUT2D eigenvalue weighted by atomic mass is 16.3. The van der Waals surface area contributed by atoms with Gasteiger partial charge in [0.15, 0.2) is 5.76 Å². The topological polar surface area (TPSA) is 85.8 Å². The molecule has 7 nitrogen and oxygen atoms in total. The standard InChI is InChI=1S/C13H11N5O2/c1-9(19)15-12-8-10(11-4-2-7-20-11)16-13(17-12)18-6-3-5-14-18/h2-8H,1H3,(H,15,16,17,19). The average molecular weight is 269 g/mol. The predicted molar refractivity (Wildman–Crippen MR) is 71.2 cm³/mol. The van der Waals surface area contributed by atoms with Gasteiger partial charge in [0, 0.05) is 25.4 Å². The third-order valence-corrected chi connectivity index (χ3v) is 2.50. The molecule has 3 aromatic heterocycles. The average Bonchev–Trinajstić information content (AvgIpc) is 3.11. The predicted octanol–water partition coefficient (Wildman–Crippen LogP) is 1.88. The van der Waals surface area contributed by atoms with E-state index in [0.29, 0.717) is 23.2 Å². The summed E-state index contributed by atoms with van der Waals surface area (Å²) >= 11 is 0. The summed E-state index contributed by atoms with van der Waals surface area (Å²) in [5.41, 5.74) is 0.569. The van der Waals surface area contributed by atoms with Crippen molar-refractivity contribution in [1.82, 2.24) is 19.7 Å². The van der Waals surface area contributed by atoms with Gasteiger partial charge in [0.2, 0.25) is 5.91 Å². The van der Waals surface area contributed by atoms with Gasteiger partial charge in [-0.1, -0.05) is 0 Å². The first-order valence-electron chi connectivity index (χ1n) is 5.93. The van der Waals surface area contributed by atoms with E-state index < -0.39 is 0 Å². The number of carbonyl (C=O) groups is 1. The first-order valence-corrected chi connectivity index (χ1v) is 5.93. The molecule has 0 fully saturated rings. The summed E-state index contributed by atoms with van der Waals surface area (Å²) in [5.74, 6) is 1.13. The SMILES string of the molecule is CC(=O)Nc1cc(-c2ccco2)nc(-n2cccn2)n1. The number of aromatic nitrogens is 4. The fourth-order valence-corrected chi connectivity index (χ4v) is 1.72. The van der Waals surface area contributed by atoms with Crippen molar-refractivity contribution in [2.45, 2.75) is 6.92 Å². The van der Waals surface area contributed by atoms with Crippen LogP contribution in [0.25, 0.3) is 17.4 Å². The van der Waals surface area contributed by atoms with Gasteiger partial charge in [-0.2, -0.15) is 10.1 Å². The van der Waals surface area contributed by atoms with Crippen LogP contribution in [0, 0.1) is 0 Å². The highest BCUT2D eigenvalue weighted by molar-refractivity contribution is 5.88. The summed E-state index contributed by atoms with van der Waals surface area (Å²) in [7, 11) is 0. The molecular formula is C13H11N5O2. The van der Waals surface area contributed by atoms with Crippen molar-refractivity contribution in [3.05, 3.63) is 42.9 Å². The van der Waals surface area contributed by atoms with Crippen molar-refractivity contribution in [3.63, 3.8) is 0 Å². The van der Waals surface area contributed by atoms with E-state index in [-0.39, 0.29) is 5.91 Å². The molecule has 0 spiro atoms. The lowest BCUT2D eigenvalue weighted by Gasteiger charge is -2.06. The molecule has 0 radical (unpaired) electrons. The Hall–Kier alpha value is -2.96. The zero-order valence-corrected chi connectivity index (χ0v) is 10.6. The van der Waals surface area contributed by atoms with Crippen molar-refractivity contribution >= 4 is 11.7 Å². The van der Waals surface area contributed by atoms with E-state index in [1.807, 2.05) is 0 Å². The second-order valence-electron chi connectivity index (χ2n) is 4.05. The van der Waals surface area contributed by atoms with Gasteiger partial charge in [-0.05, 0) is 18.2 Å². The van der Waals surface area contributed by atoms with Gasteiger partial charge >= 0.3 is 0 Å². The quantitative estimate of drug-likeness (QED) is 0.784. The molecular weight excluding hydrogens is 258 g/mol. The number of hydrogen-bond acceptors (Lipinski definition) is 5. The minimum atomic E-state index is -0.208. The van der Waals surface area contributed by atoms with Crippen LogP contribution in [0.5, 0.6) is 0 Å². The van der Waals surface area contributed by atoms with Crippen LogP contribution in [-0.2, 0) is 4.79 Å². The smallest absolute Gasteiger partial charge is 0.253 e. The van der Waals surface area contributed by atoms with Crippen molar-refractivity contribution in [2.24, 2.45) is 0 Å². The maximum Gasteiger partial charge on any atom is 0.253 e. The molecule has 3 rings (SSSR count). The van der Waals surface area contributed by atoms with Crippen LogP contribution >= 0.6 is 0 Å². The van der Waals surface area contributed by atoms with Gasteiger partial charge in [0.25, 0.3) is 5.95 Å². The van der Waals surface area contributed by atoms with E-state index in [1.165, 1.54) is 11.6 Å². The lowest BCUT2D eigenvalue weighted by molar-refractivity contribution is -0.114. The molecule has 3 aromatic rings. The van der Waals surface area contributed by atoms with Crippen molar-refractivity contribution < 1.29 is 9.21 Å². The van der Waals surface area contributed by atoms with Crippen molar-refractivity contribution in [1.29, 1.82) is 0 Å². The maximum atomic E-state index is 11.2. The Balaban J connectivity index is 2.10. The van der Waals surface area contributed by atoms with Gasteiger partial charge in [-0.25, -0.2) is 9.67 Å². The third-order valence-electron chi connectivity index (χ3n) is 2.50. The molecule has 1 amide bonds. The Kier molecular flexibility index (Phi) is 3.00. The Morgan fingerprint density at radius 2 is 2.25 bits per heavy atom. The summed E-state index contributed by atoms with van der Waals surface area (Å²) in [6, 6.07) is 6.96. The van der Waals surface area contributed by atoms with E-state index >= 15 is 0 Å². The van der Waals surface area contributed by atoms with Gasteiger partial charge in [-0.3, -0.25) is 4.79 Å². The number of anilines is 1. The fraction of sp³-hybridized carbons (Fsp3) is 0.0769. The van der Waals surface area contributed by atoms with Crippen molar-refractivity contribution in [2.75, 3.05) is 5.32 Å². The summed E-state index contributed by atoms with van der Waals surface area (Å²) in [5, 5.41) is 6.71. The second-order valence-corrected chi connectivity index (χ2v) is 4.05. The number of nitrogens with one attached hydrogen (secondary N) is 1. The molecule has 0 aliphatic carbocycles. The maximum absolute atomic E-state index is 11.2.